The van der Waals surface area contributed by atoms with Crippen LogP contribution in [-0.2, 0) is 15.2 Å². The fourth-order valence-electron chi connectivity index (χ4n) is 3.90. The summed E-state index contributed by atoms with van der Waals surface area (Å²) in [7, 11) is 0. The molecule has 2 N–H and O–H groups in total. The van der Waals surface area contributed by atoms with Crippen LogP contribution >= 0.6 is 11.3 Å². The second-order valence-electron chi connectivity index (χ2n) is 7.94. The third-order valence-corrected chi connectivity index (χ3v) is 6.37. The van der Waals surface area contributed by atoms with Crippen LogP contribution in [0, 0.1) is 0 Å². The van der Waals surface area contributed by atoms with Crippen molar-refractivity contribution in [1.29, 1.82) is 0 Å². The Bertz CT molecular complexity index is 1160. The van der Waals surface area contributed by atoms with Gasteiger partial charge in [0.1, 0.15) is 17.8 Å². The van der Waals surface area contributed by atoms with E-state index in [0.29, 0.717) is 11.7 Å². The lowest BCUT2D eigenvalue weighted by atomic mass is 9.77. The maximum Gasteiger partial charge on any atom is 0.360 e. The highest BCUT2D eigenvalue weighted by Gasteiger charge is 2.37. The van der Waals surface area contributed by atoms with E-state index in [4.69, 9.17) is 4.84 Å². The first kappa shape index (κ1) is 24.2. The number of aliphatic carboxylic acids is 1. The number of carboxylic acids is 1. The van der Waals surface area contributed by atoms with Gasteiger partial charge in [0.25, 0.3) is 0 Å². The lowest BCUT2D eigenvalue weighted by Gasteiger charge is -2.36. The van der Waals surface area contributed by atoms with Crippen molar-refractivity contribution in [2.75, 3.05) is 11.9 Å². The van der Waals surface area contributed by atoms with Crippen LogP contribution < -0.4 is 5.32 Å². The molecule has 0 atom stereocenters. The van der Waals surface area contributed by atoms with E-state index in [1.54, 1.807) is 5.38 Å². The van der Waals surface area contributed by atoms with Crippen molar-refractivity contribution in [3.8, 4) is 0 Å². The van der Waals surface area contributed by atoms with Crippen molar-refractivity contribution in [3.05, 3.63) is 119 Å². The molecule has 0 spiro atoms. The molecule has 7 heteroatoms. The molecule has 4 rings (SSSR count). The number of hydrogen-bond acceptors (Lipinski definition) is 6. The minimum absolute atomic E-state index is 0.213. The van der Waals surface area contributed by atoms with Gasteiger partial charge in [-0.15, -0.1) is 11.3 Å². The maximum atomic E-state index is 11.9. The van der Waals surface area contributed by atoms with E-state index in [1.807, 2.05) is 61.5 Å². The molecule has 3 aromatic carbocycles. The zero-order valence-corrected chi connectivity index (χ0v) is 20.2. The SMILES string of the molecule is CCCCON=C(C(=O)O)c1csc(NC(c2ccccc2)(c2ccccc2)c2ccccc2)n1. The molecule has 6 nitrogen and oxygen atoms in total. The van der Waals surface area contributed by atoms with Gasteiger partial charge in [0.05, 0.1) is 0 Å². The van der Waals surface area contributed by atoms with Gasteiger partial charge < -0.3 is 15.3 Å². The monoisotopic (exact) mass is 485 g/mol. The van der Waals surface area contributed by atoms with E-state index < -0.39 is 11.5 Å². The summed E-state index contributed by atoms with van der Waals surface area (Å²) in [6.07, 6.45) is 1.73. The van der Waals surface area contributed by atoms with E-state index in [2.05, 4.69) is 51.9 Å². The topological polar surface area (TPSA) is 83.8 Å². The van der Waals surface area contributed by atoms with Crippen molar-refractivity contribution in [1.82, 2.24) is 4.98 Å². The van der Waals surface area contributed by atoms with Gasteiger partial charge in [-0.2, -0.15) is 0 Å². The summed E-state index contributed by atoms with van der Waals surface area (Å²) in [5, 5.41) is 19.4. The molecule has 0 fully saturated rings. The lowest BCUT2D eigenvalue weighted by molar-refractivity contribution is -0.129. The lowest BCUT2D eigenvalue weighted by Crippen LogP contribution is -2.38. The van der Waals surface area contributed by atoms with Crippen molar-refractivity contribution >= 4 is 28.1 Å². The van der Waals surface area contributed by atoms with Crippen LogP contribution in [0.4, 0.5) is 5.13 Å². The van der Waals surface area contributed by atoms with E-state index in [-0.39, 0.29) is 11.4 Å². The van der Waals surface area contributed by atoms with Gasteiger partial charge >= 0.3 is 5.97 Å². The highest BCUT2D eigenvalue weighted by molar-refractivity contribution is 7.14. The second-order valence-corrected chi connectivity index (χ2v) is 8.80. The van der Waals surface area contributed by atoms with Crippen LogP contribution in [0.3, 0.4) is 0 Å². The maximum absolute atomic E-state index is 11.9. The Morgan fingerprint density at radius 1 is 0.943 bits per heavy atom. The van der Waals surface area contributed by atoms with Gasteiger partial charge in [-0.3, -0.25) is 0 Å². The number of rotatable bonds is 11. The second kappa shape index (κ2) is 11.4. The number of aromatic nitrogens is 1. The molecular formula is C28H27N3O3S. The largest absolute Gasteiger partial charge is 0.476 e. The molecule has 0 saturated carbocycles. The van der Waals surface area contributed by atoms with Gasteiger partial charge in [0.2, 0.25) is 5.71 Å². The zero-order valence-electron chi connectivity index (χ0n) is 19.4. The van der Waals surface area contributed by atoms with Crippen LogP contribution in [0.1, 0.15) is 42.1 Å². The number of unbranched alkanes of at least 4 members (excludes halogenated alkanes) is 1. The minimum Gasteiger partial charge on any atom is -0.476 e. The summed E-state index contributed by atoms with van der Waals surface area (Å²) in [6.45, 7) is 2.39. The third-order valence-electron chi connectivity index (χ3n) is 5.61. The minimum atomic E-state index is -1.18. The van der Waals surface area contributed by atoms with E-state index in [1.165, 1.54) is 11.3 Å². The van der Waals surface area contributed by atoms with Gasteiger partial charge in [-0.1, -0.05) is 109 Å². The van der Waals surface area contributed by atoms with Crippen molar-refractivity contribution in [2.24, 2.45) is 5.16 Å². The van der Waals surface area contributed by atoms with Crippen LogP contribution in [0.2, 0.25) is 0 Å². The molecule has 35 heavy (non-hydrogen) atoms. The standard InChI is InChI=1S/C28H27N3O3S/c1-2-3-19-34-31-25(26(32)33)24-20-35-27(29-24)30-28(21-13-7-4-8-14-21,22-15-9-5-10-16-22)23-17-11-6-12-18-23/h4-18,20H,2-3,19H2,1H3,(H,29,30)(H,32,33). The Hall–Kier alpha value is -3.97. The molecule has 1 heterocycles. The Morgan fingerprint density at radius 2 is 1.46 bits per heavy atom. The number of anilines is 1. The Kier molecular flexibility index (Phi) is 7.90. The highest BCUT2D eigenvalue weighted by atomic mass is 32.1. The number of carbonyl (C=O) groups is 1. The van der Waals surface area contributed by atoms with Crippen molar-refractivity contribution in [3.63, 3.8) is 0 Å². The number of nitrogens with zero attached hydrogens (tertiary/aromatic N) is 2. The predicted octanol–water partition coefficient (Wildman–Crippen LogP) is 6.15. The summed E-state index contributed by atoms with van der Waals surface area (Å²) in [5.41, 5.74) is 2.38. The van der Waals surface area contributed by atoms with Crippen LogP contribution in [0.5, 0.6) is 0 Å². The molecule has 178 valence electrons. The Morgan fingerprint density at radius 3 is 1.91 bits per heavy atom. The average Bonchev–Trinajstić information content (AvgIpc) is 3.36. The van der Waals surface area contributed by atoms with E-state index in [9.17, 15) is 9.90 Å². The zero-order chi connectivity index (χ0) is 24.5. The fourth-order valence-corrected chi connectivity index (χ4v) is 4.65. The predicted molar refractivity (Wildman–Crippen MR) is 140 cm³/mol. The van der Waals surface area contributed by atoms with Gasteiger partial charge in [-0.05, 0) is 23.1 Å². The van der Waals surface area contributed by atoms with Gasteiger partial charge in [0.15, 0.2) is 5.13 Å². The van der Waals surface area contributed by atoms with Gasteiger partial charge in [-0.25, -0.2) is 9.78 Å². The Balaban J connectivity index is 1.80. The van der Waals surface area contributed by atoms with Crippen LogP contribution in [0.25, 0.3) is 0 Å². The average molecular weight is 486 g/mol. The number of benzene rings is 3. The summed E-state index contributed by atoms with van der Waals surface area (Å²) in [4.78, 5) is 21.7. The summed E-state index contributed by atoms with van der Waals surface area (Å²) in [5.74, 6) is -1.18. The normalized spacial score (nSPS) is 11.7. The molecule has 0 unspecified atom stereocenters. The first-order valence-corrected chi connectivity index (χ1v) is 12.4. The summed E-state index contributed by atoms with van der Waals surface area (Å²) < 4.78 is 0. The molecule has 0 aliphatic rings. The smallest absolute Gasteiger partial charge is 0.360 e. The fraction of sp³-hybridized carbons (Fsp3) is 0.179. The van der Waals surface area contributed by atoms with E-state index in [0.717, 1.165) is 29.5 Å². The molecule has 1 aromatic heterocycles. The molecule has 0 radical (unpaired) electrons. The number of carboxylic acid groups (broad SMARTS) is 1. The molecule has 0 amide bonds. The molecule has 4 aromatic rings. The molecule has 0 bridgehead atoms. The number of oxime groups is 1. The van der Waals surface area contributed by atoms with Crippen molar-refractivity contribution < 1.29 is 14.7 Å². The summed E-state index contributed by atoms with van der Waals surface area (Å²) in [6, 6.07) is 30.5. The molecule has 0 aliphatic carbocycles. The third kappa shape index (κ3) is 5.41. The molecule has 0 saturated heterocycles. The van der Waals surface area contributed by atoms with Gasteiger partial charge in [0, 0.05) is 5.38 Å². The first-order valence-electron chi connectivity index (χ1n) is 11.5. The van der Waals surface area contributed by atoms with Crippen LogP contribution in [-0.4, -0.2) is 28.4 Å². The number of nitrogens with one attached hydrogen (secondary N) is 1. The number of thiazole rings is 1. The Labute approximate surface area is 208 Å². The van der Waals surface area contributed by atoms with Crippen LogP contribution in [0.15, 0.2) is 102 Å². The molecular weight excluding hydrogens is 458 g/mol. The first-order chi connectivity index (χ1) is 17.1. The summed E-state index contributed by atoms with van der Waals surface area (Å²) >= 11 is 1.33. The van der Waals surface area contributed by atoms with Crippen molar-refractivity contribution in [2.45, 2.75) is 25.3 Å². The van der Waals surface area contributed by atoms with E-state index >= 15 is 0 Å². The highest BCUT2D eigenvalue weighted by Crippen LogP contribution is 2.40. The number of hydrogen-bond donors (Lipinski definition) is 2. The molecule has 0 aliphatic heterocycles. The quantitative estimate of drug-likeness (QED) is 0.115.